The second-order valence-electron chi connectivity index (χ2n) is 13.8. The molecule has 0 saturated carbocycles. The van der Waals surface area contributed by atoms with Crippen molar-refractivity contribution in [2.75, 3.05) is 13.2 Å². The van der Waals surface area contributed by atoms with E-state index in [9.17, 15) is 48.6 Å². The molecule has 0 bridgehead atoms. The van der Waals surface area contributed by atoms with Crippen LogP contribution in [-0.2, 0) is 61.8 Å². The summed E-state index contributed by atoms with van der Waals surface area (Å²) in [4.78, 5) is 103. The van der Waals surface area contributed by atoms with E-state index in [-0.39, 0.29) is 16.7 Å². The summed E-state index contributed by atoms with van der Waals surface area (Å²) >= 11 is 0. The molecule has 0 radical (unpaired) electrons. The van der Waals surface area contributed by atoms with Crippen LogP contribution in [0, 0.1) is 0 Å². The van der Waals surface area contributed by atoms with E-state index < -0.39 is 128 Å². The number of hydrogen-bond acceptors (Lipinski definition) is 18. The molecule has 0 aliphatic carbocycles. The predicted molar refractivity (Wildman–Crippen MR) is 205 cm³/mol. The third kappa shape index (κ3) is 12.0. The van der Waals surface area contributed by atoms with E-state index in [1.54, 1.807) is 24.3 Å². The van der Waals surface area contributed by atoms with E-state index in [4.69, 9.17) is 42.6 Å². The van der Waals surface area contributed by atoms with E-state index >= 15 is 0 Å². The van der Waals surface area contributed by atoms with E-state index in [0.717, 1.165) is 33.8 Å². The molecule has 2 saturated heterocycles. The van der Waals surface area contributed by atoms with E-state index in [1.165, 1.54) is 54.6 Å². The molecule has 330 valence electrons. The van der Waals surface area contributed by atoms with Gasteiger partial charge in [0.25, 0.3) is 5.91 Å². The van der Waals surface area contributed by atoms with Gasteiger partial charge in [-0.2, -0.15) is 0 Å². The Morgan fingerprint density at radius 3 is 1.58 bits per heavy atom. The van der Waals surface area contributed by atoms with Gasteiger partial charge in [-0.15, -0.1) is 0 Å². The van der Waals surface area contributed by atoms with Gasteiger partial charge in [0.15, 0.2) is 37.0 Å². The molecule has 20 heteroatoms. The quantitative estimate of drug-likeness (QED) is 0.145. The first-order valence-electron chi connectivity index (χ1n) is 18.9. The summed E-state index contributed by atoms with van der Waals surface area (Å²) in [6.07, 6.45) is -16.2. The van der Waals surface area contributed by atoms with Gasteiger partial charge in [-0.25, -0.2) is 14.4 Å². The molecule has 2 aliphatic heterocycles. The molecule has 0 aromatic heterocycles. The first-order chi connectivity index (χ1) is 29.5. The molecule has 62 heavy (non-hydrogen) atoms. The van der Waals surface area contributed by atoms with Gasteiger partial charge in [-0.3, -0.25) is 24.0 Å². The molecule has 1 unspecified atom stereocenters. The fraction of sp³-hybridized carbons (Fsp3) is 0.381. The fourth-order valence-corrected chi connectivity index (χ4v) is 6.65. The number of carbonyl (C=O) groups excluding carboxylic acids is 7. The van der Waals surface area contributed by atoms with Gasteiger partial charge >= 0.3 is 41.8 Å². The summed E-state index contributed by atoms with van der Waals surface area (Å²) in [5, 5.41) is 23.9. The van der Waals surface area contributed by atoms with Gasteiger partial charge in [0.05, 0.1) is 22.3 Å². The molecule has 0 spiro atoms. The van der Waals surface area contributed by atoms with Crippen LogP contribution in [0.15, 0.2) is 84.9 Å². The minimum atomic E-state index is -2.12. The number of esters is 6. The molecule has 5 rings (SSSR count). The third-order valence-electron chi connectivity index (χ3n) is 9.24. The van der Waals surface area contributed by atoms with E-state index in [0.29, 0.717) is 0 Å². The van der Waals surface area contributed by atoms with Crippen molar-refractivity contribution in [2.45, 2.75) is 89.0 Å². The van der Waals surface area contributed by atoms with Crippen LogP contribution in [0.2, 0.25) is 0 Å². The van der Waals surface area contributed by atoms with Crippen LogP contribution in [-0.4, -0.2) is 132 Å². The fourth-order valence-electron chi connectivity index (χ4n) is 6.65. The molecule has 1 amide bonds. The van der Waals surface area contributed by atoms with Crippen LogP contribution in [0.4, 0.5) is 0 Å². The maximum atomic E-state index is 14.0. The van der Waals surface area contributed by atoms with Crippen LogP contribution in [0.1, 0.15) is 69.1 Å². The lowest BCUT2D eigenvalue weighted by atomic mass is 9.94. The number of aliphatic hydroxyl groups excluding tert-OH is 1. The van der Waals surface area contributed by atoms with Crippen molar-refractivity contribution in [2.24, 2.45) is 0 Å². The number of hydrogen-bond donors (Lipinski definition) is 3. The number of nitrogens with one attached hydrogen (secondary N) is 1. The molecule has 20 nitrogen and oxygen atoms in total. The molecule has 3 aromatic carbocycles. The monoisotopic (exact) mass is 865 g/mol. The zero-order chi connectivity index (χ0) is 45.1. The first-order valence-corrected chi connectivity index (χ1v) is 18.9. The van der Waals surface area contributed by atoms with Crippen LogP contribution in [0.25, 0.3) is 0 Å². The smallest absolute Gasteiger partial charge is 0.338 e. The molecule has 2 heterocycles. The van der Waals surface area contributed by atoms with Crippen LogP contribution >= 0.6 is 0 Å². The van der Waals surface area contributed by atoms with Gasteiger partial charge in [0.2, 0.25) is 0 Å². The lowest BCUT2D eigenvalue weighted by molar-refractivity contribution is -0.342. The number of carbonyl (C=O) groups is 8. The molecular formula is C42H43NO19. The predicted octanol–water partition coefficient (Wildman–Crippen LogP) is 1.75. The van der Waals surface area contributed by atoms with Crippen molar-refractivity contribution in [1.29, 1.82) is 0 Å². The van der Waals surface area contributed by atoms with Gasteiger partial charge < -0.3 is 58.2 Å². The number of amides is 1. The molecule has 3 N–H and O–H groups in total. The van der Waals surface area contributed by atoms with Crippen LogP contribution in [0.3, 0.4) is 0 Å². The van der Waals surface area contributed by atoms with Gasteiger partial charge in [0.1, 0.15) is 37.6 Å². The summed E-state index contributed by atoms with van der Waals surface area (Å²) in [5.74, 6) is -8.15. The number of aliphatic hydroxyl groups is 1. The Bertz CT molecular complexity index is 2110. The number of rotatable bonds is 15. The van der Waals surface area contributed by atoms with E-state index in [1.807, 2.05) is 0 Å². The maximum absolute atomic E-state index is 14.0. The first kappa shape index (κ1) is 46.3. The molecule has 3 aromatic rings. The summed E-state index contributed by atoms with van der Waals surface area (Å²) < 4.78 is 51.6. The summed E-state index contributed by atoms with van der Waals surface area (Å²) in [7, 11) is 0. The molecule has 2 aliphatic rings. The second-order valence-corrected chi connectivity index (χ2v) is 13.8. The number of carboxylic acids is 1. The minimum absolute atomic E-state index is 0.00172. The maximum Gasteiger partial charge on any atom is 0.338 e. The number of aromatic carboxylic acids is 1. The minimum Gasteiger partial charge on any atom is -0.478 e. The number of ether oxygens (including phenoxy) is 9. The Morgan fingerprint density at radius 2 is 1.03 bits per heavy atom. The van der Waals surface area contributed by atoms with E-state index in [2.05, 4.69) is 5.32 Å². The molecule has 10 atom stereocenters. The van der Waals surface area contributed by atoms with Gasteiger partial charge in [-0.05, 0) is 36.4 Å². The lowest BCUT2D eigenvalue weighted by Gasteiger charge is -2.48. The highest BCUT2D eigenvalue weighted by Crippen LogP contribution is 2.34. The normalized spacial score (nSPS) is 25.5. The standard InChI is InChI=1S/C42H43NO19/c1-21(44)54-19-30-32(56-22(2)45)34(58-24(4)47)31(43-37(48)27-17-11-12-18-28(27)38(49)50)42(60-30)62-35-33(57-23(3)46)29(20-55-39(51)25-13-7-5-8-14-25)59-41(53)36(35)61-40(52)26-15-9-6-10-16-26/h5-18,29-36,41-42,53H,19-20H2,1-4H3,(H,43,48)(H,49,50)/t29-,30-,31-,32-,33+,34-,35+,36-,41?,42+/m1/s1. The Morgan fingerprint density at radius 1 is 0.548 bits per heavy atom. The third-order valence-corrected chi connectivity index (χ3v) is 9.24. The highest BCUT2D eigenvalue weighted by Gasteiger charge is 2.57. The average molecular weight is 866 g/mol. The number of benzene rings is 3. The topological polar surface area (TPSA) is 272 Å². The zero-order valence-corrected chi connectivity index (χ0v) is 33.6. The Balaban J connectivity index is 1.63. The van der Waals surface area contributed by atoms with Crippen molar-refractivity contribution < 1.29 is 91.2 Å². The van der Waals surface area contributed by atoms with Crippen molar-refractivity contribution in [1.82, 2.24) is 5.32 Å². The highest BCUT2D eigenvalue weighted by molar-refractivity contribution is 6.05. The Kier molecular flexibility index (Phi) is 15.8. The summed E-state index contributed by atoms with van der Waals surface area (Å²) in [6.45, 7) is 2.70. The second kappa shape index (κ2) is 21.2. The van der Waals surface area contributed by atoms with Crippen molar-refractivity contribution >= 4 is 47.7 Å². The van der Waals surface area contributed by atoms with Gasteiger partial charge in [-0.1, -0.05) is 48.5 Å². The lowest BCUT2D eigenvalue weighted by Crippen LogP contribution is -2.69. The van der Waals surface area contributed by atoms with Crippen molar-refractivity contribution in [3.63, 3.8) is 0 Å². The van der Waals surface area contributed by atoms with Crippen molar-refractivity contribution in [3.8, 4) is 0 Å². The van der Waals surface area contributed by atoms with Crippen LogP contribution < -0.4 is 5.32 Å². The molecular weight excluding hydrogens is 822 g/mol. The number of carboxylic acid groups (broad SMARTS) is 1. The molecule has 2 fully saturated rings. The van der Waals surface area contributed by atoms with Crippen molar-refractivity contribution in [3.05, 3.63) is 107 Å². The zero-order valence-electron chi connectivity index (χ0n) is 33.6. The largest absolute Gasteiger partial charge is 0.478 e. The van der Waals surface area contributed by atoms with Crippen LogP contribution in [0.5, 0.6) is 0 Å². The summed E-state index contributed by atoms with van der Waals surface area (Å²) in [6, 6.07) is 18.5. The van der Waals surface area contributed by atoms with Gasteiger partial charge in [0, 0.05) is 27.7 Å². The summed E-state index contributed by atoms with van der Waals surface area (Å²) in [5.41, 5.74) is -0.707. The highest BCUT2D eigenvalue weighted by atomic mass is 16.7. The Labute approximate surface area is 353 Å². The Hall–Kier alpha value is -6.74. The average Bonchev–Trinajstić information content (AvgIpc) is 3.23. The SMILES string of the molecule is CC(=O)OC[C@H]1O[C@@H](O[C@H]2[C@@H](OC(C)=O)[C@@H](COC(=O)c3ccccc3)OC(O)[C@@H]2OC(=O)c2ccccc2)[C@H](NC(=O)c2ccccc2C(=O)O)[C@@H](OC(C)=O)[C@@H]1OC(C)=O.